The van der Waals surface area contributed by atoms with Crippen molar-refractivity contribution in [1.82, 2.24) is 14.7 Å². The van der Waals surface area contributed by atoms with Crippen molar-refractivity contribution in [1.29, 1.82) is 0 Å². The van der Waals surface area contributed by atoms with Gasteiger partial charge in [-0.2, -0.15) is 5.10 Å². The molecule has 2 aromatic carbocycles. The zero-order valence-corrected chi connectivity index (χ0v) is 24.3. The molecule has 1 saturated heterocycles. The van der Waals surface area contributed by atoms with Gasteiger partial charge in [-0.25, -0.2) is 4.39 Å². The number of aromatic nitrogens is 2. The van der Waals surface area contributed by atoms with Crippen LogP contribution in [0.4, 0.5) is 10.1 Å². The number of halogens is 2. The van der Waals surface area contributed by atoms with Gasteiger partial charge in [0.1, 0.15) is 5.82 Å². The number of carbonyl (C=O) groups excluding carboxylic acids is 2. The summed E-state index contributed by atoms with van der Waals surface area (Å²) < 4.78 is 28.5. The van der Waals surface area contributed by atoms with Crippen LogP contribution in [0.25, 0.3) is 10.9 Å². The van der Waals surface area contributed by atoms with Gasteiger partial charge >= 0.3 is 5.97 Å². The van der Waals surface area contributed by atoms with Gasteiger partial charge in [0.15, 0.2) is 5.69 Å². The van der Waals surface area contributed by atoms with Crippen molar-refractivity contribution in [3.8, 4) is 0 Å². The lowest BCUT2D eigenvalue weighted by molar-refractivity contribution is -0.144. The van der Waals surface area contributed by atoms with Crippen LogP contribution >= 0.6 is 11.6 Å². The number of likely N-dealkylation sites (tertiary alicyclic amines) is 1. The molecule has 1 saturated carbocycles. The number of carbonyl (C=O) groups is 3. The van der Waals surface area contributed by atoms with Crippen molar-refractivity contribution in [2.45, 2.75) is 56.8 Å². The van der Waals surface area contributed by atoms with E-state index in [9.17, 15) is 19.5 Å². The number of benzene rings is 2. The fourth-order valence-corrected chi connectivity index (χ4v) is 6.20. The van der Waals surface area contributed by atoms with Crippen LogP contribution < -0.4 is 5.32 Å². The SMILES string of the molecule is CO[C@H]1CCN(C(=O)Cc2cc(Cl)c(NC(=O)c3nn(C)c4ccccc34)cc2F)[C@@H]1CO[C@H]1CC[C@H](C(=O)O)CC1. The lowest BCUT2D eigenvalue weighted by atomic mass is 9.87. The zero-order valence-electron chi connectivity index (χ0n) is 23.5. The number of rotatable bonds is 9. The van der Waals surface area contributed by atoms with Crippen molar-refractivity contribution >= 4 is 46.0 Å². The Labute approximate surface area is 247 Å². The fraction of sp³-hybridized carbons (Fsp3) is 0.467. The number of nitrogens with one attached hydrogen (secondary N) is 1. The standard InChI is InChI=1S/C30H34ClFN4O6/c1-35-24-6-4-3-5-20(24)28(34-35)29(38)33-23-15-22(32)18(13-21(23)31)14-27(37)36-12-11-26(41-2)25(36)16-42-19-9-7-17(8-10-19)30(39)40/h3-6,13,15,17,19,25-26H,7-12,14,16H2,1-2H3,(H,33,38)(H,39,40)/t17-,19-,25-,26+/m1/s1. The summed E-state index contributed by atoms with van der Waals surface area (Å²) in [7, 11) is 3.32. The van der Waals surface area contributed by atoms with E-state index in [0.29, 0.717) is 44.0 Å². The third-order valence-corrected chi connectivity index (χ3v) is 8.64. The van der Waals surface area contributed by atoms with Crippen LogP contribution in [0.5, 0.6) is 0 Å². The average Bonchev–Trinajstić information content (AvgIpc) is 3.55. The number of ether oxygens (including phenoxy) is 2. The van der Waals surface area contributed by atoms with Crippen LogP contribution in [-0.4, -0.2) is 76.1 Å². The summed E-state index contributed by atoms with van der Waals surface area (Å²) in [5, 5.41) is 16.9. The molecule has 1 aromatic heterocycles. The fourth-order valence-electron chi connectivity index (χ4n) is 5.97. The van der Waals surface area contributed by atoms with E-state index in [-0.39, 0.29) is 65.1 Å². The number of aliphatic carboxylic acids is 1. The van der Waals surface area contributed by atoms with Crippen LogP contribution in [-0.2, 0) is 32.5 Å². The number of carboxylic acid groups (broad SMARTS) is 1. The molecule has 2 N–H and O–H groups in total. The summed E-state index contributed by atoms with van der Waals surface area (Å²) in [6.07, 6.45) is 2.54. The third kappa shape index (κ3) is 6.28. The molecule has 3 aromatic rings. The molecule has 2 atom stereocenters. The first-order valence-corrected chi connectivity index (χ1v) is 14.4. The summed E-state index contributed by atoms with van der Waals surface area (Å²) in [5.74, 6) is -2.59. The molecule has 1 aliphatic carbocycles. The minimum absolute atomic E-state index is 0.0706. The van der Waals surface area contributed by atoms with Gasteiger partial charge in [0.05, 0.1) is 53.4 Å². The summed E-state index contributed by atoms with van der Waals surface area (Å²) in [6.45, 7) is 0.696. The predicted molar refractivity (Wildman–Crippen MR) is 154 cm³/mol. The number of carboxylic acids is 1. The van der Waals surface area contributed by atoms with Crippen molar-refractivity contribution in [2.75, 3.05) is 25.6 Å². The highest BCUT2D eigenvalue weighted by Gasteiger charge is 2.38. The van der Waals surface area contributed by atoms with Gasteiger partial charge in [0, 0.05) is 26.1 Å². The molecule has 0 spiro atoms. The van der Waals surface area contributed by atoms with E-state index in [4.69, 9.17) is 21.1 Å². The van der Waals surface area contributed by atoms with Crippen molar-refractivity contribution in [2.24, 2.45) is 13.0 Å². The summed E-state index contributed by atoms with van der Waals surface area (Å²) in [6, 6.07) is 9.40. The zero-order chi connectivity index (χ0) is 30.0. The Morgan fingerprint density at radius 3 is 2.60 bits per heavy atom. The first-order chi connectivity index (χ1) is 20.2. The number of amides is 2. The van der Waals surface area contributed by atoms with Crippen LogP contribution in [0.2, 0.25) is 5.02 Å². The molecule has 2 amide bonds. The molecule has 1 aliphatic heterocycles. The number of hydrogen-bond acceptors (Lipinski definition) is 6. The Kier molecular flexibility index (Phi) is 9.10. The number of hydrogen-bond donors (Lipinski definition) is 2. The normalized spacial score (nSPS) is 22.4. The predicted octanol–water partition coefficient (Wildman–Crippen LogP) is 4.44. The summed E-state index contributed by atoms with van der Waals surface area (Å²) >= 11 is 6.43. The number of methoxy groups -OCH3 is 1. The molecule has 10 nitrogen and oxygen atoms in total. The molecule has 42 heavy (non-hydrogen) atoms. The molecule has 0 unspecified atom stereocenters. The van der Waals surface area contributed by atoms with Gasteiger partial charge in [-0.05, 0) is 55.9 Å². The Morgan fingerprint density at radius 1 is 1.14 bits per heavy atom. The van der Waals surface area contributed by atoms with E-state index in [1.807, 2.05) is 12.1 Å². The molecular weight excluding hydrogens is 567 g/mol. The molecule has 5 rings (SSSR count). The molecule has 224 valence electrons. The number of para-hydroxylation sites is 1. The van der Waals surface area contributed by atoms with Crippen molar-refractivity contribution in [3.63, 3.8) is 0 Å². The van der Waals surface area contributed by atoms with Gasteiger partial charge in [-0.1, -0.05) is 29.8 Å². The van der Waals surface area contributed by atoms with Gasteiger partial charge in [-0.15, -0.1) is 0 Å². The van der Waals surface area contributed by atoms with Crippen LogP contribution in [0.3, 0.4) is 0 Å². The molecule has 0 bridgehead atoms. The van der Waals surface area contributed by atoms with E-state index < -0.39 is 17.7 Å². The first-order valence-electron chi connectivity index (χ1n) is 14.0. The summed E-state index contributed by atoms with van der Waals surface area (Å²) in [4.78, 5) is 39.2. The van der Waals surface area contributed by atoms with E-state index >= 15 is 4.39 Å². The molecule has 2 aliphatic rings. The lowest BCUT2D eigenvalue weighted by Crippen LogP contribution is -2.45. The maximum atomic E-state index is 15.2. The molecule has 12 heteroatoms. The van der Waals surface area contributed by atoms with E-state index in [0.717, 1.165) is 11.6 Å². The highest BCUT2D eigenvalue weighted by Crippen LogP contribution is 2.30. The Balaban J connectivity index is 1.23. The molecule has 0 radical (unpaired) electrons. The minimum Gasteiger partial charge on any atom is -0.481 e. The second-order valence-corrected chi connectivity index (χ2v) is 11.3. The number of nitrogens with zero attached hydrogens (tertiary/aromatic N) is 3. The van der Waals surface area contributed by atoms with E-state index in [1.54, 1.807) is 35.9 Å². The van der Waals surface area contributed by atoms with E-state index in [2.05, 4.69) is 10.4 Å². The van der Waals surface area contributed by atoms with Gasteiger partial charge in [0.2, 0.25) is 5.91 Å². The average molecular weight is 601 g/mol. The number of fused-ring (bicyclic) bond motifs is 1. The van der Waals surface area contributed by atoms with Gasteiger partial charge in [0.25, 0.3) is 5.91 Å². The largest absolute Gasteiger partial charge is 0.481 e. The Bertz CT molecular complexity index is 1490. The Morgan fingerprint density at radius 2 is 1.88 bits per heavy atom. The highest BCUT2D eigenvalue weighted by atomic mass is 35.5. The second-order valence-electron chi connectivity index (χ2n) is 10.9. The summed E-state index contributed by atoms with van der Waals surface area (Å²) in [5.41, 5.74) is 1.16. The minimum atomic E-state index is -0.773. The van der Waals surface area contributed by atoms with Crippen LogP contribution in [0, 0.1) is 11.7 Å². The molecular formula is C30H34ClFN4O6. The maximum Gasteiger partial charge on any atom is 0.306 e. The van der Waals surface area contributed by atoms with Crippen LogP contribution in [0.15, 0.2) is 36.4 Å². The number of aryl methyl sites for hydroxylation is 1. The van der Waals surface area contributed by atoms with Gasteiger partial charge in [-0.3, -0.25) is 19.1 Å². The second kappa shape index (κ2) is 12.8. The Hall–Kier alpha value is -3.54. The van der Waals surface area contributed by atoms with Crippen molar-refractivity contribution in [3.05, 3.63) is 58.5 Å². The van der Waals surface area contributed by atoms with Crippen molar-refractivity contribution < 1.29 is 33.4 Å². The van der Waals surface area contributed by atoms with Crippen LogP contribution in [0.1, 0.15) is 48.2 Å². The third-order valence-electron chi connectivity index (χ3n) is 8.33. The lowest BCUT2D eigenvalue weighted by Gasteiger charge is -2.31. The smallest absolute Gasteiger partial charge is 0.306 e. The maximum absolute atomic E-state index is 15.2. The topological polar surface area (TPSA) is 123 Å². The van der Waals surface area contributed by atoms with E-state index in [1.165, 1.54) is 6.07 Å². The van der Waals surface area contributed by atoms with Gasteiger partial charge < -0.3 is 24.8 Å². The first kappa shape index (κ1) is 29.9. The monoisotopic (exact) mass is 600 g/mol. The molecule has 2 fully saturated rings. The highest BCUT2D eigenvalue weighted by molar-refractivity contribution is 6.34. The number of anilines is 1. The quantitative estimate of drug-likeness (QED) is 0.372. The molecule has 2 heterocycles.